The molecule has 2 heteroatoms. The van der Waals surface area contributed by atoms with Gasteiger partial charge in [-0.05, 0) is 29.2 Å². The van der Waals surface area contributed by atoms with Crippen molar-refractivity contribution in [1.82, 2.24) is 0 Å². The molecule has 22 heavy (non-hydrogen) atoms. The van der Waals surface area contributed by atoms with Crippen LogP contribution in [0, 0.1) is 6.07 Å². The third-order valence-electron chi connectivity index (χ3n) is 4.42. The fraction of sp³-hybridized carbons (Fsp3) is 0.250. The molecule has 0 amide bonds. The second kappa shape index (κ2) is 5.79. The van der Waals surface area contributed by atoms with Gasteiger partial charge in [0.25, 0.3) is 0 Å². The van der Waals surface area contributed by atoms with Gasteiger partial charge < -0.3 is 4.74 Å². The van der Waals surface area contributed by atoms with Gasteiger partial charge in [0.15, 0.2) is 6.61 Å². The average Bonchev–Trinajstić information content (AvgIpc) is 2.62. The summed E-state index contributed by atoms with van der Waals surface area (Å²) in [4.78, 5) is 4.43. The predicted octanol–water partition coefficient (Wildman–Crippen LogP) is 4.44. The van der Waals surface area contributed by atoms with Gasteiger partial charge in [0.05, 0.1) is 0 Å². The molecule has 108 valence electrons. The number of nitrogens with zero attached hydrogens (tertiary/aromatic N) is 1. The molecule has 2 aromatic rings. The van der Waals surface area contributed by atoms with Crippen LogP contribution >= 0.6 is 0 Å². The minimum Gasteiger partial charge on any atom is -0.353 e. The SMILES string of the molecule is C1#[N+]C(c2ccc3c(c2)CC(c2ccccc2)C=C3)COC1. The molecule has 0 spiro atoms. The predicted molar refractivity (Wildman–Crippen MR) is 89.2 cm³/mol. The Morgan fingerprint density at radius 2 is 1.95 bits per heavy atom. The molecule has 0 N–H and O–H groups in total. The highest BCUT2D eigenvalue weighted by molar-refractivity contribution is 5.60. The van der Waals surface area contributed by atoms with Crippen LogP contribution in [-0.2, 0) is 11.2 Å². The van der Waals surface area contributed by atoms with E-state index in [-0.39, 0.29) is 6.04 Å². The van der Waals surface area contributed by atoms with Gasteiger partial charge in [0.1, 0.15) is 6.61 Å². The normalized spacial score (nSPS) is 22.5. The first-order chi connectivity index (χ1) is 10.9. The quantitative estimate of drug-likeness (QED) is 0.796. The van der Waals surface area contributed by atoms with Crippen LogP contribution in [0.5, 0.6) is 0 Å². The van der Waals surface area contributed by atoms with Crippen molar-refractivity contribution < 1.29 is 4.74 Å². The second-order valence-electron chi connectivity index (χ2n) is 5.86. The molecule has 2 aliphatic rings. The van der Waals surface area contributed by atoms with E-state index in [1.165, 1.54) is 22.3 Å². The van der Waals surface area contributed by atoms with Crippen LogP contribution in [0.1, 0.15) is 34.2 Å². The topological polar surface area (TPSA) is 13.6 Å². The van der Waals surface area contributed by atoms with E-state index < -0.39 is 0 Å². The Morgan fingerprint density at radius 1 is 1.05 bits per heavy atom. The first kappa shape index (κ1) is 13.3. The van der Waals surface area contributed by atoms with Crippen LogP contribution in [0.25, 0.3) is 10.9 Å². The Balaban J connectivity index is 1.64. The Morgan fingerprint density at radius 3 is 2.77 bits per heavy atom. The lowest BCUT2D eigenvalue weighted by Gasteiger charge is -2.20. The molecule has 0 radical (unpaired) electrons. The van der Waals surface area contributed by atoms with Crippen molar-refractivity contribution in [2.75, 3.05) is 13.2 Å². The summed E-state index contributed by atoms with van der Waals surface area (Å²) >= 11 is 0. The Kier molecular flexibility index (Phi) is 3.50. The van der Waals surface area contributed by atoms with Crippen LogP contribution in [-0.4, -0.2) is 13.2 Å². The smallest absolute Gasteiger partial charge is 0.320 e. The monoisotopic (exact) mass is 288 g/mol. The zero-order valence-electron chi connectivity index (χ0n) is 12.4. The van der Waals surface area contributed by atoms with E-state index in [0.29, 0.717) is 19.1 Å². The zero-order valence-corrected chi connectivity index (χ0v) is 12.4. The number of hydrogen-bond donors (Lipinski definition) is 0. The molecule has 2 atom stereocenters. The number of benzene rings is 2. The van der Waals surface area contributed by atoms with Crippen molar-refractivity contribution in [3.05, 3.63) is 81.7 Å². The Labute approximate surface area is 130 Å². The fourth-order valence-corrected chi connectivity index (χ4v) is 3.20. The summed E-state index contributed by atoms with van der Waals surface area (Å²) in [6.45, 7) is 1.17. The summed E-state index contributed by atoms with van der Waals surface area (Å²) in [6.07, 6.45) is 5.60. The van der Waals surface area contributed by atoms with E-state index in [2.05, 4.69) is 71.6 Å². The number of hydrogen-bond acceptors (Lipinski definition) is 1. The Bertz CT molecular complexity index is 767. The fourth-order valence-electron chi connectivity index (χ4n) is 3.20. The van der Waals surface area contributed by atoms with Crippen molar-refractivity contribution in [3.8, 4) is 6.07 Å². The van der Waals surface area contributed by atoms with Crippen molar-refractivity contribution in [2.24, 2.45) is 0 Å². The van der Waals surface area contributed by atoms with Gasteiger partial charge in [-0.1, -0.05) is 59.5 Å². The van der Waals surface area contributed by atoms with E-state index in [1.807, 2.05) is 0 Å². The molecule has 0 bridgehead atoms. The maximum Gasteiger partial charge on any atom is 0.320 e. The van der Waals surface area contributed by atoms with Gasteiger partial charge in [-0.15, -0.1) is 0 Å². The summed E-state index contributed by atoms with van der Waals surface area (Å²) in [7, 11) is 0. The van der Waals surface area contributed by atoms with E-state index in [9.17, 15) is 0 Å². The molecular formula is C20H18NO+. The van der Waals surface area contributed by atoms with Crippen LogP contribution < -0.4 is 0 Å². The molecule has 0 aromatic heterocycles. The number of fused-ring (bicyclic) bond motifs is 1. The van der Waals surface area contributed by atoms with Crippen molar-refractivity contribution in [2.45, 2.75) is 18.4 Å². The first-order valence-corrected chi connectivity index (χ1v) is 7.76. The molecule has 1 heterocycles. The summed E-state index contributed by atoms with van der Waals surface area (Å²) in [5.41, 5.74) is 5.32. The van der Waals surface area contributed by atoms with Crippen LogP contribution in [0.15, 0.2) is 54.6 Å². The lowest BCUT2D eigenvalue weighted by atomic mass is 9.84. The molecule has 4 rings (SSSR count). The van der Waals surface area contributed by atoms with Crippen molar-refractivity contribution in [1.29, 1.82) is 0 Å². The molecule has 0 fully saturated rings. The van der Waals surface area contributed by atoms with E-state index in [0.717, 1.165) is 6.42 Å². The van der Waals surface area contributed by atoms with Crippen molar-refractivity contribution in [3.63, 3.8) is 0 Å². The third-order valence-corrected chi connectivity index (χ3v) is 4.42. The standard InChI is InChI=1S/C20H18NO/c1-2-4-15(5-3-1)17-8-6-16-7-9-18(13-19(16)12-17)20-14-22-11-10-21-20/h1-9,13,17,20H,11-12,14H2/q+1. The highest BCUT2D eigenvalue weighted by Gasteiger charge is 2.25. The largest absolute Gasteiger partial charge is 0.353 e. The maximum absolute atomic E-state index is 5.45. The highest BCUT2D eigenvalue weighted by Crippen LogP contribution is 2.32. The molecular weight excluding hydrogens is 270 g/mol. The molecule has 2 aromatic carbocycles. The minimum absolute atomic E-state index is 0.0973. The lowest BCUT2D eigenvalue weighted by molar-refractivity contribution is 0.152. The average molecular weight is 288 g/mol. The number of ether oxygens (including phenoxy) is 1. The lowest BCUT2D eigenvalue weighted by Crippen LogP contribution is -2.11. The maximum atomic E-state index is 5.45. The third kappa shape index (κ3) is 2.56. The minimum atomic E-state index is 0.0973. The molecule has 0 saturated carbocycles. The second-order valence-corrected chi connectivity index (χ2v) is 5.86. The van der Waals surface area contributed by atoms with Crippen molar-refractivity contribution >= 4 is 6.08 Å². The molecule has 1 aliphatic heterocycles. The highest BCUT2D eigenvalue weighted by atomic mass is 16.5. The van der Waals surface area contributed by atoms with Gasteiger partial charge in [-0.3, -0.25) is 0 Å². The summed E-state index contributed by atoms with van der Waals surface area (Å²) in [5, 5.41) is 0. The molecule has 2 nitrogen and oxygen atoms in total. The Hall–Kier alpha value is -2.37. The molecule has 0 saturated heterocycles. The van der Waals surface area contributed by atoms with E-state index in [1.54, 1.807) is 0 Å². The number of rotatable bonds is 2. The summed E-state index contributed by atoms with van der Waals surface area (Å²) < 4.78 is 5.45. The van der Waals surface area contributed by atoms with Gasteiger partial charge in [0.2, 0.25) is 0 Å². The van der Waals surface area contributed by atoms with Gasteiger partial charge in [0, 0.05) is 11.5 Å². The van der Waals surface area contributed by atoms with Gasteiger partial charge >= 0.3 is 12.1 Å². The van der Waals surface area contributed by atoms with Crippen LogP contribution in [0.3, 0.4) is 0 Å². The summed E-state index contributed by atoms with van der Waals surface area (Å²) in [5.74, 6) is 0.460. The van der Waals surface area contributed by atoms with Crippen LogP contribution in [0.4, 0.5) is 0 Å². The molecule has 1 aliphatic carbocycles. The zero-order chi connectivity index (χ0) is 14.8. The van der Waals surface area contributed by atoms with E-state index >= 15 is 0 Å². The van der Waals surface area contributed by atoms with E-state index in [4.69, 9.17) is 4.74 Å². The molecule has 2 unspecified atom stereocenters. The van der Waals surface area contributed by atoms with Gasteiger partial charge in [-0.25, -0.2) is 0 Å². The first-order valence-electron chi connectivity index (χ1n) is 7.76. The van der Waals surface area contributed by atoms with Gasteiger partial charge in [-0.2, -0.15) is 0 Å². The summed E-state index contributed by atoms with van der Waals surface area (Å²) in [6, 6.07) is 20.4. The number of allylic oxidation sites excluding steroid dienone is 1. The van der Waals surface area contributed by atoms with Crippen LogP contribution in [0.2, 0.25) is 0 Å².